The number of hydrogen-bond acceptors (Lipinski definition) is 3. The van der Waals surface area contributed by atoms with Crippen molar-refractivity contribution in [1.82, 2.24) is 10.2 Å². The zero-order chi connectivity index (χ0) is 13.5. The van der Waals surface area contributed by atoms with Crippen molar-refractivity contribution in [2.45, 2.75) is 71.0 Å². The molecule has 0 saturated heterocycles. The minimum Gasteiger partial charge on any atom is -0.395 e. The molecule has 1 fully saturated rings. The average molecular weight is 256 g/mol. The molecule has 3 unspecified atom stereocenters. The highest BCUT2D eigenvalue weighted by Crippen LogP contribution is 2.27. The van der Waals surface area contributed by atoms with Crippen molar-refractivity contribution in [3.63, 3.8) is 0 Å². The van der Waals surface area contributed by atoms with Gasteiger partial charge in [0.25, 0.3) is 0 Å². The second-order valence-electron chi connectivity index (χ2n) is 6.30. The van der Waals surface area contributed by atoms with Crippen molar-refractivity contribution >= 4 is 0 Å². The van der Waals surface area contributed by atoms with Crippen molar-refractivity contribution in [2.75, 3.05) is 20.2 Å². The molecule has 1 aliphatic rings. The number of nitrogens with one attached hydrogen (secondary N) is 1. The maximum Gasteiger partial charge on any atom is 0.0585 e. The van der Waals surface area contributed by atoms with Crippen LogP contribution in [0.3, 0.4) is 0 Å². The van der Waals surface area contributed by atoms with Gasteiger partial charge in [-0.05, 0) is 38.8 Å². The summed E-state index contributed by atoms with van der Waals surface area (Å²) in [6.45, 7) is 7.98. The van der Waals surface area contributed by atoms with Gasteiger partial charge in [0.2, 0.25) is 0 Å². The van der Waals surface area contributed by atoms with E-state index in [-0.39, 0.29) is 12.6 Å². The lowest BCUT2D eigenvalue weighted by Crippen LogP contribution is -2.43. The van der Waals surface area contributed by atoms with Gasteiger partial charge in [-0.3, -0.25) is 0 Å². The van der Waals surface area contributed by atoms with Gasteiger partial charge < -0.3 is 15.3 Å². The third-order valence-corrected chi connectivity index (χ3v) is 4.25. The molecule has 3 heteroatoms. The standard InChI is InChI=1S/C15H32N2O/c1-12(2)16-14(11-18)9-10-17(4)15-8-6-5-7-13(15)3/h12-16,18H,5-11H2,1-4H3. The molecule has 1 saturated carbocycles. The summed E-state index contributed by atoms with van der Waals surface area (Å²) < 4.78 is 0. The Morgan fingerprint density at radius 1 is 1.28 bits per heavy atom. The number of hydrogen-bond donors (Lipinski definition) is 2. The van der Waals surface area contributed by atoms with Crippen molar-refractivity contribution in [3.05, 3.63) is 0 Å². The zero-order valence-corrected chi connectivity index (χ0v) is 12.7. The maximum atomic E-state index is 9.37. The Bertz CT molecular complexity index is 221. The fourth-order valence-corrected chi connectivity index (χ4v) is 3.18. The SMILES string of the molecule is CC(C)NC(CO)CCN(C)C1CCCCC1C. The summed E-state index contributed by atoms with van der Waals surface area (Å²) in [7, 11) is 2.25. The predicted octanol–water partition coefficient (Wildman–Crippen LogP) is 2.25. The third-order valence-electron chi connectivity index (χ3n) is 4.25. The highest BCUT2D eigenvalue weighted by atomic mass is 16.3. The van der Waals surface area contributed by atoms with Gasteiger partial charge in [0, 0.05) is 18.1 Å². The summed E-state index contributed by atoms with van der Waals surface area (Å²) in [6, 6.07) is 1.43. The van der Waals surface area contributed by atoms with Gasteiger partial charge in [0.05, 0.1) is 6.61 Å². The monoisotopic (exact) mass is 256 g/mol. The van der Waals surface area contributed by atoms with E-state index in [0.29, 0.717) is 6.04 Å². The van der Waals surface area contributed by atoms with Crippen LogP contribution in [0.2, 0.25) is 0 Å². The van der Waals surface area contributed by atoms with Gasteiger partial charge in [-0.15, -0.1) is 0 Å². The molecule has 0 amide bonds. The molecule has 1 rings (SSSR count). The van der Waals surface area contributed by atoms with Gasteiger partial charge in [-0.25, -0.2) is 0 Å². The van der Waals surface area contributed by atoms with Crippen LogP contribution in [-0.2, 0) is 0 Å². The van der Waals surface area contributed by atoms with Crippen LogP contribution in [0.4, 0.5) is 0 Å². The topological polar surface area (TPSA) is 35.5 Å². The van der Waals surface area contributed by atoms with Crippen molar-refractivity contribution in [1.29, 1.82) is 0 Å². The van der Waals surface area contributed by atoms with Gasteiger partial charge in [-0.2, -0.15) is 0 Å². The molecule has 2 N–H and O–H groups in total. The minimum absolute atomic E-state index is 0.242. The molecule has 0 aromatic heterocycles. The molecule has 1 aliphatic carbocycles. The van der Waals surface area contributed by atoms with Crippen LogP contribution in [0.25, 0.3) is 0 Å². The highest BCUT2D eigenvalue weighted by molar-refractivity contribution is 4.80. The molecule has 0 spiro atoms. The Labute approximate surface area is 113 Å². The fraction of sp³-hybridized carbons (Fsp3) is 1.00. The molecule has 0 aromatic rings. The van der Waals surface area contributed by atoms with E-state index in [2.05, 4.69) is 38.0 Å². The second-order valence-corrected chi connectivity index (χ2v) is 6.30. The highest BCUT2D eigenvalue weighted by Gasteiger charge is 2.25. The summed E-state index contributed by atoms with van der Waals surface area (Å²) >= 11 is 0. The molecule has 18 heavy (non-hydrogen) atoms. The maximum absolute atomic E-state index is 9.37. The summed E-state index contributed by atoms with van der Waals surface area (Å²) in [6.07, 6.45) is 6.54. The largest absolute Gasteiger partial charge is 0.395 e. The molecule has 0 aliphatic heterocycles. The lowest BCUT2D eigenvalue weighted by molar-refractivity contribution is 0.127. The molecule has 0 aromatic carbocycles. The van der Waals surface area contributed by atoms with E-state index in [1.54, 1.807) is 0 Å². The van der Waals surface area contributed by atoms with E-state index in [0.717, 1.165) is 24.9 Å². The van der Waals surface area contributed by atoms with E-state index in [9.17, 15) is 5.11 Å². The smallest absolute Gasteiger partial charge is 0.0585 e. The molecule has 0 radical (unpaired) electrons. The number of aliphatic hydroxyl groups is 1. The van der Waals surface area contributed by atoms with E-state index >= 15 is 0 Å². The van der Waals surface area contributed by atoms with Crippen LogP contribution < -0.4 is 5.32 Å². The van der Waals surface area contributed by atoms with Crippen molar-refractivity contribution < 1.29 is 5.11 Å². The van der Waals surface area contributed by atoms with Crippen LogP contribution in [0.15, 0.2) is 0 Å². The van der Waals surface area contributed by atoms with Gasteiger partial charge in [-0.1, -0.05) is 33.6 Å². The van der Waals surface area contributed by atoms with Crippen molar-refractivity contribution in [3.8, 4) is 0 Å². The molecular weight excluding hydrogens is 224 g/mol. The zero-order valence-electron chi connectivity index (χ0n) is 12.7. The summed E-state index contributed by atoms with van der Waals surface area (Å²) in [5, 5.41) is 12.8. The first kappa shape index (κ1) is 15.9. The summed E-state index contributed by atoms with van der Waals surface area (Å²) in [5.41, 5.74) is 0. The fourth-order valence-electron chi connectivity index (χ4n) is 3.18. The summed E-state index contributed by atoms with van der Waals surface area (Å²) in [5.74, 6) is 0.828. The second kappa shape index (κ2) is 8.13. The Morgan fingerprint density at radius 2 is 1.94 bits per heavy atom. The van der Waals surface area contributed by atoms with Gasteiger partial charge in [0.1, 0.15) is 0 Å². The Morgan fingerprint density at radius 3 is 2.50 bits per heavy atom. The Kier molecular flexibility index (Phi) is 7.20. The van der Waals surface area contributed by atoms with Crippen LogP contribution >= 0.6 is 0 Å². The molecule has 108 valence electrons. The normalized spacial score (nSPS) is 26.8. The number of nitrogens with zero attached hydrogens (tertiary/aromatic N) is 1. The van der Waals surface area contributed by atoms with E-state index < -0.39 is 0 Å². The van der Waals surface area contributed by atoms with Gasteiger partial charge in [0.15, 0.2) is 0 Å². The van der Waals surface area contributed by atoms with Crippen LogP contribution in [-0.4, -0.2) is 48.3 Å². The van der Waals surface area contributed by atoms with E-state index in [1.807, 2.05) is 0 Å². The molecular formula is C15H32N2O. The first-order valence-electron chi connectivity index (χ1n) is 7.61. The number of rotatable bonds is 7. The molecule has 3 atom stereocenters. The summed E-state index contributed by atoms with van der Waals surface area (Å²) in [4.78, 5) is 2.51. The Hall–Kier alpha value is -0.120. The van der Waals surface area contributed by atoms with E-state index in [4.69, 9.17) is 0 Å². The quantitative estimate of drug-likeness (QED) is 0.733. The first-order valence-corrected chi connectivity index (χ1v) is 7.61. The predicted molar refractivity (Wildman–Crippen MR) is 77.8 cm³/mol. The molecule has 0 bridgehead atoms. The molecule has 0 heterocycles. The molecule has 3 nitrogen and oxygen atoms in total. The van der Waals surface area contributed by atoms with Gasteiger partial charge >= 0.3 is 0 Å². The lowest BCUT2D eigenvalue weighted by Gasteiger charge is -2.37. The van der Waals surface area contributed by atoms with Crippen LogP contribution in [0.1, 0.15) is 52.9 Å². The van der Waals surface area contributed by atoms with E-state index in [1.165, 1.54) is 25.7 Å². The van der Waals surface area contributed by atoms with Crippen LogP contribution in [0.5, 0.6) is 0 Å². The first-order chi connectivity index (χ1) is 8.54. The average Bonchev–Trinajstić information content (AvgIpc) is 2.34. The van der Waals surface area contributed by atoms with Crippen molar-refractivity contribution in [2.24, 2.45) is 5.92 Å². The third kappa shape index (κ3) is 5.25. The van der Waals surface area contributed by atoms with Crippen LogP contribution in [0, 0.1) is 5.92 Å². The number of aliphatic hydroxyl groups excluding tert-OH is 1. The minimum atomic E-state index is 0.242. The lowest BCUT2D eigenvalue weighted by atomic mass is 9.85. The Balaban J connectivity index is 2.31.